The Morgan fingerprint density at radius 2 is 1.47 bits per heavy atom. The lowest BCUT2D eigenvalue weighted by molar-refractivity contribution is -0.209. The van der Waals surface area contributed by atoms with Gasteiger partial charge >= 0.3 is 0 Å². The molecule has 5 aliphatic rings. The lowest BCUT2D eigenvalue weighted by Crippen LogP contribution is -2.65. The molecule has 0 aromatic carbocycles. The van der Waals surface area contributed by atoms with Crippen LogP contribution < -0.4 is 0 Å². The largest absolute Gasteiger partial charge is 0.384 e. The smallest absolute Gasteiger partial charge is 0.0625 e. The number of hydrogen-bond acceptors (Lipinski definition) is 3. The minimum atomic E-state index is 0.249. The highest BCUT2D eigenvalue weighted by atomic mass is 16.5. The SMILES string of the molecule is COCC1(C)CCC2(COC)CCC3(C)C(=CCC4C5(C)CCC(OC)C(C)(C)C5CCC43C)C2C1. The van der Waals surface area contributed by atoms with Crippen LogP contribution >= 0.6 is 0 Å². The van der Waals surface area contributed by atoms with E-state index in [9.17, 15) is 0 Å². The second kappa shape index (κ2) is 8.82. The first-order valence-electron chi connectivity index (χ1n) is 15.1. The van der Waals surface area contributed by atoms with Gasteiger partial charge in [-0.1, -0.05) is 53.2 Å². The minimum absolute atomic E-state index is 0.249. The van der Waals surface area contributed by atoms with E-state index < -0.39 is 0 Å². The maximum absolute atomic E-state index is 6.07. The predicted octanol–water partition coefficient (Wildman–Crippen LogP) is 8.08. The molecule has 0 aromatic heterocycles. The highest BCUT2D eigenvalue weighted by molar-refractivity contribution is 5.34. The Labute approximate surface area is 222 Å². The zero-order valence-electron chi connectivity index (χ0n) is 25.1. The van der Waals surface area contributed by atoms with Crippen molar-refractivity contribution in [3.05, 3.63) is 11.6 Å². The molecule has 0 amide bonds. The molecule has 0 aliphatic heterocycles. The van der Waals surface area contributed by atoms with Gasteiger partial charge in [0.1, 0.15) is 0 Å². The molecule has 0 aromatic rings. The second-order valence-corrected chi connectivity index (χ2v) is 15.7. The summed E-state index contributed by atoms with van der Waals surface area (Å²) in [6, 6.07) is 0. The summed E-state index contributed by atoms with van der Waals surface area (Å²) in [5, 5.41) is 0. The van der Waals surface area contributed by atoms with Crippen LogP contribution in [0.2, 0.25) is 0 Å². The van der Waals surface area contributed by atoms with Crippen molar-refractivity contribution >= 4 is 0 Å². The van der Waals surface area contributed by atoms with E-state index in [2.05, 4.69) is 47.6 Å². The molecule has 5 rings (SSSR count). The Kier molecular flexibility index (Phi) is 6.66. The van der Waals surface area contributed by atoms with Crippen molar-refractivity contribution in [2.75, 3.05) is 34.5 Å². The Hall–Kier alpha value is -0.380. The van der Waals surface area contributed by atoms with Gasteiger partial charge in [0.2, 0.25) is 0 Å². The molecule has 0 heterocycles. The van der Waals surface area contributed by atoms with Gasteiger partial charge in [-0.25, -0.2) is 0 Å². The molecular formula is C33H56O3. The predicted molar refractivity (Wildman–Crippen MR) is 148 cm³/mol. The lowest BCUT2D eigenvalue weighted by Gasteiger charge is -2.71. The van der Waals surface area contributed by atoms with Crippen LogP contribution in [0.3, 0.4) is 0 Å². The van der Waals surface area contributed by atoms with Gasteiger partial charge in [0, 0.05) is 26.7 Å². The summed E-state index contributed by atoms with van der Waals surface area (Å²) in [6.45, 7) is 17.4. The van der Waals surface area contributed by atoms with E-state index in [0.717, 1.165) is 25.0 Å². The topological polar surface area (TPSA) is 27.7 Å². The van der Waals surface area contributed by atoms with Crippen molar-refractivity contribution in [3.8, 4) is 0 Å². The van der Waals surface area contributed by atoms with Crippen LogP contribution in [0.1, 0.15) is 106 Å². The number of ether oxygens (including phenoxy) is 3. The molecule has 3 heteroatoms. The highest BCUT2D eigenvalue weighted by Gasteiger charge is 2.68. The molecule has 4 fully saturated rings. The fraction of sp³-hybridized carbons (Fsp3) is 0.939. The summed E-state index contributed by atoms with van der Waals surface area (Å²) in [7, 11) is 5.75. The number of rotatable bonds is 5. The van der Waals surface area contributed by atoms with E-state index in [1.54, 1.807) is 0 Å². The summed E-state index contributed by atoms with van der Waals surface area (Å²) in [5.74, 6) is 2.14. The van der Waals surface area contributed by atoms with E-state index >= 15 is 0 Å². The quantitative estimate of drug-likeness (QED) is 0.357. The van der Waals surface area contributed by atoms with Crippen LogP contribution in [0.15, 0.2) is 11.6 Å². The van der Waals surface area contributed by atoms with E-state index in [4.69, 9.17) is 14.2 Å². The van der Waals surface area contributed by atoms with Crippen molar-refractivity contribution in [1.82, 2.24) is 0 Å². The molecule has 9 unspecified atom stereocenters. The van der Waals surface area contributed by atoms with Gasteiger partial charge in [0.05, 0.1) is 19.3 Å². The number of allylic oxidation sites excluding steroid dienone is 2. The summed E-state index contributed by atoms with van der Waals surface area (Å²) in [4.78, 5) is 0. The maximum Gasteiger partial charge on any atom is 0.0625 e. The third kappa shape index (κ3) is 3.53. The van der Waals surface area contributed by atoms with Crippen LogP contribution in [-0.2, 0) is 14.2 Å². The van der Waals surface area contributed by atoms with E-state index in [1.807, 2.05) is 26.9 Å². The van der Waals surface area contributed by atoms with Crippen molar-refractivity contribution in [3.63, 3.8) is 0 Å². The number of hydrogen-bond donors (Lipinski definition) is 0. The molecular weight excluding hydrogens is 444 g/mol. The number of fused-ring (bicyclic) bond motifs is 7. The first-order valence-corrected chi connectivity index (χ1v) is 15.1. The standard InChI is InChI=1S/C33H56O3/c1-28(2)25-12-15-32(6)26(30(25,4)14-13-27(28)36-9)11-10-23-24-20-29(3,21-34-7)16-18-33(24,22-35-8)19-17-31(23,32)5/h10,24-27H,11-22H2,1-9H3. The zero-order valence-corrected chi connectivity index (χ0v) is 25.1. The van der Waals surface area contributed by atoms with E-state index in [1.165, 1.54) is 64.2 Å². The summed E-state index contributed by atoms with van der Waals surface area (Å²) in [6.07, 6.45) is 16.2. The van der Waals surface area contributed by atoms with Crippen LogP contribution in [0.25, 0.3) is 0 Å². The first kappa shape index (κ1) is 27.2. The third-order valence-electron chi connectivity index (χ3n) is 13.8. The van der Waals surface area contributed by atoms with Gasteiger partial charge in [-0.15, -0.1) is 0 Å². The van der Waals surface area contributed by atoms with Gasteiger partial charge in [0.25, 0.3) is 0 Å². The summed E-state index contributed by atoms with van der Waals surface area (Å²) in [5.41, 5.74) is 3.72. The average molecular weight is 501 g/mol. The molecule has 206 valence electrons. The lowest BCUT2D eigenvalue weighted by atomic mass is 9.33. The molecule has 4 saturated carbocycles. The van der Waals surface area contributed by atoms with Gasteiger partial charge in [-0.3, -0.25) is 0 Å². The molecule has 5 aliphatic carbocycles. The third-order valence-corrected chi connectivity index (χ3v) is 13.8. The second-order valence-electron chi connectivity index (χ2n) is 15.7. The Morgan fingerprint density at radius 1 is 0.778 bits per heavy atom. The molecule has 0 spiro atoms. The van der Waals surface area contributed by atoms with Crippen LogP contribution in [0, 0.1) is 50.2 Å². The van der Waals surface area contributed by atoms with E-state index in [-0.39, 0.29) is 10.8 Å². The highest BCUT2D eigenvalue weighted by Crippen LogP contribution is 2.75. The van der Waals surface area contributed by atoms with Gasteiger partial charge in [0.15, 0.2) is 0 Å². The van der Waals surface area contributed by atoms with Crippen LogP contribution in [0.5, 0.6) is 0 Å². The summed E-state index contributed by atoms with van der Waals surface area (Å²) >= 11 is 0. The minimum Gasteiger partial charge on any atom is -0.384 e. The maximum atomic E-state index is 6.07. The van der Waals surface area contributed by atoms with E-state index in [0.29, 0.717) is 33.7 Å². The Bertz CT molecular complexity index is 878. The zero-order chi connectivity index (χ0) is 26.2. The molecule has 0 N–H and O–H groups in total. The average Bonchev–Trinajstić information content (AvgIpc) is 2.80. The van der Waals surface area contributed by atoms with Crippen LogP contribution in [0.4, 0.5) is 0 Å². The summed E-state index contributed by atoms with van der Waals surface area (Å²) < 4.78 is 17.8. The van der Waals surface area contributed by atoms with Gasteiger partial charge in [-0.05, 0) is 109 Å². The fourth-order valence-corrected chi connectivity index (χ4v) is 11.7. The Balaban J connectivity index is 1.55. The molecule has 3 nitrogen and oxygen atoms in total. The molecule has 0 saturated heterocycles. The molecule has 36 heavy (non-hydrogen) atoms. The Morgan fingerprint density at radius 3 is 2.14 bits per heavy atom. The van der Waals surface area contributed by atoms with Crippen molar-refractivity contribution in [2.24, 2.45) is 50.2 Å². The van der Waals surface area contributed by atoms with Crippen molar-refractivity contribution < 1.29 is 14.2 Å². The number of methoxy groups -OCH3 is 3. The monoisotopic (exact) mass is 500 g/mol. The fourth-order valence-electron chi connectivity index (χ4n) is 11.7. The molecule has 9 atom stereocenters. The molecule has 0 bridgehead atoms. The van der Waals surface area contributed by atoms with Gasteiger partial charge in [-0.2, -0.15) is 0 Å². The first-order chi connectivity index (χ1) is 16.9. The van der Waals surface area contributed by atoms with Crippen LogP contribution in [-0.4, -0.2) is 40.6 Å². The van der Waals surface area contributed by atoms with Crippen molar-refractivity contribution in [1.29, 1.82) is 0 Å². The van der Waals surface area contributed by atoms with Gasteiger partial charge < -0.3 is 14.2 Å². The molecule has 0 radical (unpaired) electrons. The normalized spacial score (nSPS) is 51.9. The van der Waals surface area contributed by atoms with Crippen molar-refractivity contribution in [2.45, 2.75) is 112 Å².